The van der Waals surface area contributed by atoms with Crippen molar-refractivity contribution in [2.45, 2.75) is 19.9 Å². The van der Waals surface area contributed by atoms with Crippen LogP contribution in [0.25, 0.3) is 0 Å². The normalized spacial score (nSPS) is 11.0. The van der Waals surface area contributed by atoms with Gasteiger partial charge in [-0.3, -0.25) is 4.68 Å². The Hall–Kier alpha value is -1.67. The van der Waals surface area contributed by atoms with Crippen molar-refractivity contribution in [3.05, 3.63) is 33.2 Å². The summed E-state index contributed by atoms with van der Waals surface area (Å²) in [6.45, 7) is 2.61. The van der Waals surface area contributed by atoms with Crippen LogP contribution < -0.4 is 5.32 Å². The highest BCUT2D eigenvalue weighted by molar-refractivity contribution is 7.16. The third-order valence-corrected chi connectivity index (χ3v) is 4.17. The van der Waals surface area contributed by atoms with Gasteiger partial charge in [-0.1, -0.05) is 11.6 Å². The molecule has 2 rings (SSSR count). The number of hydrogen-bond acceptors (Lipinski definition) is 3. The molecule has 2 aromatic heterocycles. The van der Waals surface area contributed by atoms with Crippen molar-refractivity contribution < 1.29 is 13.6 Å². The van der Waals surface area contributed by atoms with Crippen molar-refractivity contribution in [3.8, 4) is 0 Å². The molecule has 0 aromatic carbocycles. The van der Waals surface area contributed by atoms with Crippen LogP contribution in [0.2, 0.25) is 4.34 Å². The number of aryl methyl sites for hydroxylation is 1. The zero-order valence-corrected chi connectivity index (χ0v) is 13.6. The van der Waals surface area contributed by atoms with Gasteiger partial charge in [0.05, 0.1) is 16.6 Å². The summed E-state index contributed by atoms with van der Waals surface area (Å²) in [6, 6.07) is 3.13. The van der Waals surface area contributed by atoms with E-state index < -0.39 is 18.2 Å². The highest BCUT2D eigenvalue weighted by Crippen LogP contribution is 2.26. The van der Waals surface area contributed by atoms with Crippen LogP contribution in [0.1, 0.15) is 23.9 Å². The smallest absolute Gasteiger partial charge is 0.320 e. The van der Waals surface area contributed by atoms with Crippen LogP contribution >= 0.6 is 22.9 Å². The summed E-state index contributed by atoms with van der Waals surface area (Å²) >= 11 is 7.23. The van der Waals surface area contributed by atoms with Gasteiger partial charge in [-0.15, -0.1) is 11.3 Å². The van der Waals surface area contributed by atoms with Crippen LogP contribution in [0.5, 0.6) is 0 Å². The van der Waals surface area contributed by atoms with E-state index in [-0.39, 0.29) is 5.69 Å². The first-order valence-corrected chi connectivity index (χ1v) is 7.72. The van der Waals surface area contributed by atoms with Crippen LogP contribution in [0.15, 0.2) is 18.3 Å². The Kier molecular flexibility index (Phi) is 5.36. The molecule has 0 saturated carbocycles. The van der Waals surface area contributed by atoms with Gasteiger partial charge in [0.2, 0.25) is 0 Å². The summed E-state index contributed by atoms with van der Waals surface area (Å²) in [4.78, 5) is 14.7. The molecule has 0 saturated heterocycles. The molecular formula is C13H15ClF2N4OS. The zero-order chi connectivity index (χ0) is 16.3. The molecule has 0 unspecified atom stereocenters. The number of hydrogen-bond donors (Lipinski definition) is 1. The van der Waals surface area contributed by atoms with E-state index in [0.717, 1.165) is 4.88 Å². The monoisotopic (exact) mass is 348 g/mol. The van der Waals surface area contributed by atoms with E-state index in [9.17, 15) is 13.6 Å². The van der Waals surface area contributed by atoms with Gasteiger partial charge in [0.1, 0.15) is 0 Å². The lowest BCUT2D eigenvalue weighted by atomic mass is 10.3. The number of nitrogens with one attached hydrogen (secondary N) is 1. The summed E-state index contributed by atoms with van der Waals surface area (Å²) < 4.78 is 27.6. The van der Waals surface area contributed by atoms with Crippen LogP contribution in [0.4, 0.5) is 19.3 Å². The van der Waals surface area contributed by atoms with Gasteiger partial charge in [-0.05, 0) is 19.1 Å². The molecular weight excluding hydrogens is 334 g/mol. The maximum atomic E-state index is 12.9. The van der Waals surface area contributed by atoms with Gasteiger partial charge >= 0.3 is 6.03 Å². The highest BCUT2D eigenvalue weighted by atomic mass is 35.5. The molecule has 1 N–H and O–H groups in total. The van der Waals surface area contributed by atoms with Crippen LogP contribution in [-0.4, -0.2) is 27.3 Å². The number of amides is 2. The molecule has 0 radical (unpaired) electrons. The van der Waals surface area contributed by atoms with Crippen molar-refractivity contribution in [3.63, 3.8) is 0 Å². The topological polar surface area (TPSA) is 50.2 Å². The molecule has 0 bridgehead atoms. The Morgan fingerprint density at radius 3 is 2.82 bits per heavy atom. The van der Waals surface area contributed by atoms with Crippen molar-refractivity contribution >= 4 is 34.7 Å². The number of alkyl halides is 2. The molecule has 9 heteroatoms. The Labute approximate surface area is 135 Å². The first-order chi connectivity index (χ1) is 10.4. The van der Waals surface area contributed by atoms with Gasteiger partial charge in [0.25, 0.3) is 6.43 Å². The van der Waals surface area contributed by atoms with Crippen LogP contribution in [0.3, 0.4) is 0 Å². The van der Waals surface area contributed by atoms with Crippen molar-refractivity contribution in [1.29, 1.82) is 0 Å². The Balaban J connectivity index is 2.09. The Bertz CT molecular complexity index is 658. The highest BCUT2D eigenvalue weighted by Gasteiger charge is 2.21. The van der Waals surface area contributed by atoms with Crippen LogP contribution in [-0.2, 0) is 13.6 Å². The van der Waals surface area contributed by atoms with E-state index in [1.165, 1.54) is 34.2 Å². The number of aromatic nitrogens is 2. The summed E-state index contributed by atoms with van der Waals surface area (Å²) in [6.07, 6.45) is -1.39. The number of anilines is 1. The number of carbonyl (C=O) groups is 1. The molecule has 0 aliphatic heterocycles. The lowest BCUT2D eigenvalue weighted by molar-refractivity contribution is 0.146. The fraction of sp³-hybridized carbons (Fsp3) is 0.385. The summed E-state index contributed by atoms with van der Waals surface area (Å²) in [5.74, 6) is 0. The maximum absolute atomic E-state index is 12.9. The van der Waals surface area contributed by atoms with E-state index >= 15 is 0 Å². The van der Waals surface area contributed by atoms with Crippen molar-refractivity contribution in [2.75, 3.05) is 11.9 Å². The largest absolute Gasteiger partial charge is 0.322 e. The summed E-state index contributed by atoms with van der Waals surface area (Å²) in [7, 11) is 1.52. The molecule has 22 heavy (non-hydrogen) atoms. The Morgan fingerprint density at radius 2 is 2.27 bits per heavy atom. The minimum atomic E-state index is -2.75. The van der Waals surface area contributed by atoms with Crippen molar-refractivity contribution in [2.24, 2.45) is 7.05 Å². The molecule has 0 spiro atoms. The van der Waals surface area contributed by atoms with Gasteiger partial charge in [0.15, 0.2) is 5.69 Å². The number of rotatable bonds is 5. The Morgan fingerprint density at radius 1 is 1.55 bits per heavy atom. The molecule has 120 valence electrons. The van der Waals surface area contributed by atoms with E-state index in [2.05, 4.69) is 10.4 Å². The predicted molar refractivity (Wildman–Crippen MR) is 82.6 cm³/mol. The molecule has 0 aliphatic carbocycles. The second kappa shape index (κ2) is 7.06. The average molecular weight is 349 g/mol. The van der Waals surface area contributed by atoms with E-state index in [1.54, 1.807) is 6.07 Å². The molecule has 0 atom stereocenters. The van der Waals surface area contributed by atoms with E-state index in [4.69, 9.17) is 11.6 Å². The minimum absolute atomic E-state index is 0.0187. The first kappa shape index (κ1) is 16.7. The van der Waals surface area contributed by atoms with Gasteiger partial charge in [-0.2, -0.15) is 5.10 Å². The van der Waals surface area contributed by atoms with Crippen molar-refractivity contribution in [1.82, 2.24) is 14.7 Å². The van der Waals surface area contributed by atoms with Gasteiger partial charge < -0.3 is 10.2 Å². The molecule has 0 fully saturated rings. The molecule has 2 heterocycles. The average Bonchev–Trinajstić information content (AvgIpc) is 3.02. The number of nitrogens with zero attached hydrogens (tertiary/aromatic N) is 3. The second-order valence-electron chi connectivity index (χ2n) is 4.55. The molecule has 2 aromatic rings. The number of urea groups is 1. The maximum Gasteiger partial charge on any atom is 0.322 e. The minimum Gasteiger partial charge on any atom is -0.320 e. The van der Waals surface area contributed by atoms with Crippen LogP contribution in [0, 0.1) is 0 Å². The zero-order valence-electron chi connectivity index (χ0n) is 12.0. The quantitative estimate of drug-likeness (QED) is 0.883. The fourth-order valence-corrected chi connectivity index (χ4v) is 3.01. The number of halogens is 3. The van der Waals surface area contributed by atoms with Gasteiger partial charge in [-0.25, -0.2) is 13.6 Å². The standard InChI is InChI=1S/C13H15ClF2N4OS/c1-3-20(6-8-4-5-10(14)22-8)13(21)17-9-7-19(2)18-11(9)12(15)16/h4-5,7,12H,3,6H2,1-2H3,(H,17,21). The molecule has 2 amide bonds. The predicted octanol–water partition coefficient (Wildman–Crippen LogP) is 4.13. The number of carbonyl (C=O) groups excluding carboxylic acids is 1. The SMILES string of the molecule is CCN(Cc1ccc(Cl)s1)C(=O)Nc1cn(C)nc1C(F)F. The number of thiophene rings is 1. The summed E-state index contributed by atoms with van der Waals surface area (Å²) in [5.41, 5.74) is -0.420. The lowest BCUT2D eigenvalue weighted by Gasteiger charge is -2.20. The lowest BCUT2D eigenvalue weighted by Crippen LogP contribution is -2.34. The summed E-state index contributed by atoms with van der Waals surface area (Å²) in [5, 5.41) is 6.14. The van der Waals surface area contributed by atoms with E-state index in [0.29, 0.717) is 17.4 Å². The van der Waals surface area contributed by atoms with E-state index in [1.807, 2.05) is 13.0 Å². The third-order valence-electron chi connectivity index (χ3n) is 2.95. The van der Waals surface area contributed by atoms with Gasteiger partial charge in [0, 0.05) is 24.7 Å². The molecule has 5 nitrogen and oxygen atoms in total. The molecule has 0 aliphatic rings. The second-order valence-corrected chi connectivity index (χ2v) is 6.35. The first-order valence-electron chi connectivity index (χ1n) is 6.52. The fourth-order valence-electron chi connectivity index (χ4n) is 1.91. The third kappa shape index (κ3) is 3.95.